The van der Waals surface area contributed by atoms with Crippen LogP contribution >= 0.6 is 0 Å². The fourth-order valence-corrected chi connectivity index (χ4v) is 4.29. The molecule has 1 aliphatic heterocycles. The standard InChI is InChI=1S/C24H32O6/c1-5-7-8-11-17-14-18(25)19(16-12-9-10-15(3)13-16)21-20(17)22(26)30-24(4,29-21)23(27)28-6-2/h13-14,16,25H,5-12H2,1-4H3. The van der Waals surface area contributed by atoms with Crippen LogP contribution < -0.4 is 4.74 Å². The molecular formula is C24H32O6. The van der Waals surface area contributed by atoms with Crippen LogP contribution in [0.5, 0.6) is 11.5 Å². The Morgan fingerprint density at radius 2 is 2.07 bits per heavy atom. The predicted molar refractivity (Wildman–Crippen MR) is 113 cm³/mol. The van der Waals surface area contributed by atoms with Crippen LogP contribution in [0.3, 0.4) is 0 Å². The molecule has 2 atom stereocenters. The first-order chi connectivity index (χ1) is 14.3. The number of aryl methyl sites for hydroxylation is 1. The van der Waals surface area contributed by atoms with E-state index in [1.54, 1.807) is 13.0 Å². The van der Waals surface area contributed by atoms with Gasteiger partial charge in [0.05, 0.1) is 6.61 Å². The van der Waals surface area contributed by atoms with Gasteiger partial charge < -0.3 is 19.3 Å². The number of carbonyl (C=O) groups excluding carboxylic acids is 2. The summed E-state index contributed by atoms with van der Waals surface area (Å²) in [5.74, 6) is -3.00. The van der Waals surface area contributed by atoms with Crippen molar-refractivity contribution in [2.24, 2.45) is 0 Å². The van der Waals surface area contributed by atoms with Crippen molar-refractivity contribution in [3.63, 3.8) is 0 Å². The lowest BCUT2D eigenvalue weighted by Crippen LogP contribution is -2.50. The van der Waals surface area contributed by atoms with E-state index in [1.807, 2.05) is 0 Å². The maximum atomic E-state index is 13.1. The van der Waals surface area contributed by atoms with Crippen LogP contribution in [0.1, 0.15) is 93.6 Å². The van der Waals surface area contributed by atoms with E-state index < -0.39 is 17.7 Å². The summed E-state index contributed by atoms with van der Waals surface area (Å²) in [6.07, 6.45) is 8.50. The van der Waals surface area contributed by atoms with Crippen LogP contribution in [0, 0.1) is 0 Å². The summed E-state index contributed by atoms with van der Waals surface area (Å²) in [4.78, 5) is 25.6. The van der Waals surface area contributed by atoms with Gasteiger partial charge in [-0.2, -0.15) is 0 Å². The SMILES string of the molecule is CCCCCc1cc(O)c(C2C=C(C)CCC2)c2c1C(=O)OC(C)(C(=O)OCC)O2. The van der Waals surface area contributed by atoms with E-state index >= 15 is 0 Å². The largest absolute Gasteiger partial charge is 0.507 e. The average molecular weight is 417 g/mol. The predicted octanol–water partition coefficient (Wildman–Crippen LogP) is 5.17. The first-order valence-corrected chi connectivity index (χ1v) is 11.0. The molecule has 1 heterocycles. The molecule has 0 saturated heterocycles. The number of carbonyl (C=O) groups is 2. The number of rotatable bonds is 7. The van der Waals surface area contributed by atoms with Gasteiger partial charge >= 0.3 is 17.7 Å². The topological polar surface area (TPSA) is 82.1 Å². The van der Waals surface area contributed by atoms with E-state index in [-0.39, 0.29) is 24.0 Å². The van der Waals surface area contributed by atoms with Crippen LogP contribution in [0.15, 0.2) is 17.7 Å². The Hall–Kier alpha value is -2.50. The second-order valence-electron chi connectivity index (χ2n) is 8.30. The number of phenols is 1. The van der Waals surface area contributed by atoms with E-state index in [2.05, 4.69) is 19.9 Å². The highest BCUT2D eigenvalue weighted by molar-refractivity contribution is 5.99. The summed E-state index contributed by atoms with van der Waals surface area (Å²) >= 11 is 0. The minimum atomic E-state index is -1.88. The molecular weight excluding hydrogens is 384 g/mol. The van der Waals surface area contributed by atoms with Crippen molar-refractivity contribution in [2.75, 3.05) is 6.61 Å². The molecule has 1 aromatic carbocycles. The monoisotopic (exact) mass is 416 g/mol. The Bertz CT molecular complexity index is 856. The van der Waals surface area contributed by atoms with Crippen LogP contribution in [-0.4, -0.2) is 29.4 Å². The Balaban J connectivity index is 2.13. The number of hydrogen-bond acceptors (Lipinski definition) is 6. The lowest BCUT2D eigenvalue weighted by Gasteiger charge is -2.36. The Labute approximate surface area is 178 Å². The summed E-state index contributed by atoms with van der Waals surface area (Å²) in [5.41, 5.74) is 2.79. The third kappa shape index (κ3) is 4.32. The zero-order valence-electron chi connectivity index (χ0n) is 18.4. The molecule has 0 saturated carbocycles. The number of hydrogen-bond donors (Lipinski definition) is 1. The Morgan fingerprint density at radius 1 is 1.30 bits per heavy atom. The van der Waals surface area contributed by atoms with Crippen molar-refractivity contribution in [3.8, 4) is 11.5 Å². The van der Waals surface area contributed by atoms with Gasteiger partial charge in [-0.05, 0) is 57.6 Å². The second kappa shape index (κ2) is 9.11. The first kappa shape index (κ1) is 22.2. The minimum Gasteiger partial charge on any atom is -0.507 e. The molecule has 0 bridgehead atoms. The van der Waals surface area contributed by atoms with Crippen molar-refractivity contribution in [2.45, 2.75) is 84.3 Å². The van der Waals surface area contributed by atoms with E-state index in [0.717, 1.165) is 38.5 Å². The molecule has 6 heteroatoms. The van der Waals surface area contributed by atoms with Gasteiger partial charge in [-0.3, -0.25) is 0 Å². The maximum absolute atomic E-state index is 13.1. The van der Waals surface area contributed by atoms with Crippen LogP contribution in [-0.2, 0) is 20.7 Å². The summed E-state index contributed by atoms with van der Waals surface area (Å²) in [6, 6.07) is 1.67. The molecule has 6 nitrogen and oxygen atoms in total. The lowest BCUT2D eigenvalue weighted by atomic mass is 9.82. The molecule has 0 aromatic heterocycles. The zero-order valence-corrected chi connectivity index (χ0v) is 18.4. The van der Waals surface area contributed by atoms with Crippen molar-refractivity contribution in [1.29, 1.82) is 0 Å². The summed E-state index contributed by atoms with van der Waals surface area (Å²) in [6.45, 7) is 7.38. The molecule has 0 spiro atoms. The van der Waals surface area contributed by atoms with Gasteiger partial charge in [0.15, 0.2) is 0 Å². The first-order valence-electron chi connectivity index (χ1n) is 11.0. The fourth-order valence-electron chi connectivity index (χ4n) is 4.29. The number of ether oxygens (including phenoxy) is 3. The van der Waals surface area contributed by atoms with Gasteiger partial charge in [0, 0.05) is 18.4 Å². The quantitative estimate of drug-likeness (QED) is 0.375. The van der Waals surface area contributed by atoms with E-state index in [9.17, 15) is 14.7 Å². The van der Waals surface area contributed by atoms with Crippen molar-refractivity contribution < 1.29 is 28.9 Å². The molecule has 1 aliphatic carbocycles. The molecule has 3 rings (SSSR count). The summed E-state index contributed by atoms with van der Waals surface area (Å²) in [5, 5.41) is 11.0. The summed E-state index contributed by atoms with van der Waals surface area (Å²) < 4.78 is 16.6. The summed E-state index contributed by atoms with van der Waals surface area (Å²) in [7, 11) is 0. The van der Waals surface area contributed by atoms with Gasteiger partial charge in [0.25, 0.3) is 0 Å². The van der Waals surface area contributed by atoms with E-state index in [0.29, 0.717) is 23.1 Å². The zero-order chi connectivity index (χ0) is 21.9. The Morgan fingerprint density at radius 3 is 2.73 bits per heavy atom. The van der Waals surface area contributed by atoms with Crippen molar-refractivity contribution >= 4 is 11.9 Å². The molecule has 30 heavy (non-hydrogen) atoms. The number of phenolic OH excluding ortho intramolecular Hbond substituents is 1. The van der Waals surface area contributed by atoms with Crippen LogP contribution in [0.4, 0.5) is 0 Å². The third-order valence-corrected chi connectivity index (χ3v) is 5.81. The number of aromatic hydroxyl groups is 1. The van der Waals surface area contributed by atoms with E-state index in [1.165, 1.54) is 12.5 Å². The second-order valence-corrected chi connectivity index (χ2v) is 8.30. The number of fused-ring (bicyclic) bond motifs is 1. The number of esters is 2. The highest BCUT2D eigenvalue weighted by atomic mass is 16.8. The maximum Gasteiger partial charge on any atom is 0.392 e. The van der Waals surface area contributed by atoms with Crippen LogP contribution in [0.2, 0.25) is 0 Å². The van der Waals surface area contributed by atoms with Gasteiger partial charge in [0.1, 0.15) is 17.1 Å². The Kier molecular flexibility index (Phi) is 6.74. The number of allylic oxidation sites excluding steroid dienone is 2. The highest BCUT2D eigenvalue weighted by Gasteiger charge is 2.49. The molecule has 2 aliphatic rings. The molecule has 164 valence electrons. The van der Waals surface area contributed by atoms with Crippen molar-refractivity contribution in [1.82, 2.24) is 0 Å². The number of benzene rings is 1. The van der Waals surface area contributed by atoms with Gasteiger partial charge in [-0.25, -0.2) is 9.59 Å². The highest BCUT2D eigenvalue weighted by Crippen LogP contribution is 2.48. The number of unbranched alkanes of at least 4 members (excludes halogenated alkanes) is 2. The molecule has 1 N–H and O–H groups in total. The van der Waals surface area contributed by atoms with Crippen molar-refractivity contribution in [3.05, 3.63) is 34.4 Å². The fraction of sp³-hybridized carbons (Fsp3) is 0.583. The number of cyclic esters (lactones) is 1. The van der Waals surface area contributed by atoms with E-state index in [4.69, 9.17) is 14.2 Å². The molecule has 0 radical (unpaired) electrons. The van der Waals surface area contributed by atoms with Gasteiger partial charge in [-0.1, -0.05) is 31.4 Å². The van der Waals surface area contributed by atoms with Crippen LogP contribution in [0.25, 0.3) is 0 Å². The lowest BCUT2D eigenvalue weighted by molar-refractivity contribution is -0.198. The molecule has 2 unspecified atom stereocenters. The van der Waals surface area contributed by atoms with Gasteiger partial charge in [0.2, 0.25) is 0 Å². The van der Waals surface area contributed by atoms with Gasteiger partial charge in [-0.15, -0.1) is 0 Å². The normalized spacial score (nSPS) is 23.1. The molecule has 1 aromatic rings. The molecule has 0 fully saturated rings. The third-order valence-electron chi connectivity index (χ3n) is 5.81. The smallest absolute Gasteiger partial charge is 0.392 e. The molecule has 0 amide bonds. The average Bonchev–Trinajstić information content (AvgIpc) is 2.67. The minimum absolute atomic E-state index is 0.0884.